The normalized spacial score (nSPS) is 13.5. The highest BCUT2D eigenvalue weighted by molar-refractivity contribution is 7.86. The van der Waals surface area contributed by atoms with Gasteiger partial charge in [-0.1, -0.05) is 17.7 Å². The third-order valence-electron chi connectivity index (χ3n) is 4.69. The van der Waals surface area contributed by atoms with E-state index in [0.29, 0.717) is 0 Å². The zero-order valence-electron chi connectivity index (χ0n) is 20.6. The van der Waals surface area contributed by atoms with Crippen molar-refractivity contribution in [3.05, 3.63) is 70.3 Å². The van der Waals surface area contributed by atoms with Gasteiger partial charge in [0.2, 0.25) is 11.8 Å². The number of hydrogen-bond acceptors (Lipinski definition) is 6. The maximum absolute atomic E-state index is 13.5. The number of carbonyl (C=O) groups excluding carboxylic acids is 2. The van der Waals surface area contributed by atoms with Gasteiger partial charge in [0, 0.05) is 19.4 Å². The number of hydrogen-bond donors (Lipinski definition) is 4. The van der Waals surface area contributed by atoms with Crippen LogP contribution in [0.3, 0.4) is 0 Å². The molecular weight excluding hydrogens is 579 g/mol. The van der Waals surface area contributed by atoms with Crippen LogP contribution < -0.4 is 10.6 Å². The van der Waals surface area contributed by atoms with E-state index in [1.165, 1.54) is 13.0 Å². The van der Waals surface area contributed by atoms with Crippen LogP contribution in [0.2, 0.25) is 0 Å². The summed E-state index contributed by atoms with van der Waals surface area (Å²) in [6.07, 6.45) is -4.60. The number of nitrogens with one attached hydrogen (secondary N) is 2. The number of carbonyl (C=O) groups is 2. The van der Waals surface area contributed by atoms with Crippen molar-refractivity contribution in [2.45, 2.75) is 39.0 Å². The molecule has 0 spiro atoms. The van der Waals surface area contributed by atoms with Gasteiger partial charge in [-0.3, -0.25) is 18.7 Å². The number of halogens is 5. The molecular formula is C22H25F5N2O8S2. The number of rotatable bonds is 8. The van der Waals surface area contributed by atoms with Crippen molar-refractivity contribution < 1.29 is 57.5 Å². The average Bonchev–Trinajstić information content (AvgIpc) is 2.69. The summed E-state index contributed by atoms with van der Waals surface area (Å²) in [6.45, 7) is 3.57. The first kappa shape index (κ1) is 33.9. The van der Waals surface area contributed by atoms with Crippen molar-refractivity contribution in [3.8, 4) is 0 Å². The van der Waals surface area contributed by atoms with Crippen LogP contribution in [-0.4, -0.2) is 49.3 Å². The molecule has 2 rings (SSSR count). The molecule has 2 amide bonds. The van der Waals surface area contributed by atoms with Crippen molar-refractivity contribution >= 4 is 32.1 Å². The molecule has 0 aromatic heterocycles. The summed E-state index contributed by atoms with van der Waals surface area (Å²) in [5.74, 6) is -5.22. The molecule has 2 unspecified atom stereocenters. The Balaban J connectivity index is 0.000000395. The van der Waals surface area contributed by atoms with E-state index in [4.69, 9.17) is 9.11 Å². The van der Waals surface area contributed by atoms with E-state index < -0.39 is 84.6 Å². The summed E-state index contributed by atoms with van der Waals surface area (Å²) in [7, 11) is -8.97. The fourth-order valence-corrected chi connectivity index (χ4v) is 4.72. The van der Waals surface area contributed by atoms with E-state index in [0.717, 1.165) is 44.2 Å². The number of benzene rings is 2. The van der Waals surface area contributed by atoms with Crippen LogP contribution in [0.5, 0.6) is 0 Å². The SMILES string of the molecule is CC(=O)NC(CS(=O)(=O)O)c1c(F)cccc1F.CC(=O)NC(CS(=O)(=O)O)c1cc(C)cc(C(F)(F)F)c1. The Morgan fingerprint density at radius 3 is 1.69 bits per heavy atom. The first-order valence-electron chi connectivity index (χ1n) is 10.7. The van der Waals surface area contributed by atoms with Crippen LogP contribution in [0.4, 0.5) is 22.0 Å². The molecule has 0 saturated carbocycles. The summed E-state index contributed by atoms with van der Waals surface area (Å²) in [5, 5.41) is 4.29. The van der Waals surface area contributed by atoms with Crippen molar-refractivity contribution in [1.29, 1.82) is 0 Å². The fourth-order valence-electron chi connectivity index (χ4n) is 3.35. The van der Waals surface area contributed by atoms with Crippen LogP contribution in [-0.2, 0) is 36.0 Å². The van der Waals surface area contributed by atoms with Gasteiger partial charge in [0.05, 0.1) is 23.4 Å². The first-order valence-corrected chi connectivity index (χ1v) is 13.9. The molecule has 0 radical (unpaired) electrons. The number of aryl methyl sites for hydroxylation is 1. The smallest absolute Gasteiger partial charge is 0.348 e. The van der Waals surface area contributed by atoms with Crippen LogP contribution in [0.25, 0.3) is 0 Å². The lowest BCUT2D eigenvalue weighted by molar-refractivity contribution is -0.137. The van der Waals surface area contributed by atoms with Crippen molar-refractivity contribution in [1.82, 2.24) is 10.6 Å². The van der Waals surface area contributed by atoms with E-state index >= 15 is 0 Å². The van der Waals surface area contributed by atoms with Gasteiger partial charge in [0.1, 0.15) is 17.4 Å². The Labute approximate surface area is 221 Å². The minimum absolute atomic E-state index is 0.0462. The first-order chi connectivity index (χ1) is 17.6. The van der Waals surface area contributed by atoms with Gasteiger partial charge < -0.3 is 10.6 Å². The summed E-state index contributed by atoms with van der Waals surface area (Å²) in [4.78, 5) is 22.0. The highest BCUT2D eigenvalue weighted by Gasteiger charge is 2.32. The standard InChI is InChI=1S/C12H14F3NO4S.C10H11F2NO4S/c1-7-3-9(5-10(4-7)12(13,14)15)11(16-8(2)17)6-21(18,19)20;1-6(14)13-9(5-18(15,16)17)10-7(11)3-2-4-8(10)12/h3-5,11H,6H2,1-2H3,(H,16,17)(H,18,19,20);2-4,9H,5H2,1H3,(H,13,14)(H,15,16,17). The van der Waals surface area contributed by atoms with E-state index in [1.54, 1.807) is 0 Å². The van der Waals surface area contributed by atoms with Crippen LogP contribution >= 0.6 is 0 Å². The van der Waals surface area contributed by atoms with Gasteiger partial charge in [-0.05, 0) is 36.8 Å². The van der Waals surface area contributed by atoms with Crippen molar-refractivity contribution in [2.24, 2.45) is 0 Å². The van der Waals surface area contributed by atoms with E-state index in [-0.39, 0.29) is 11.1 Å². The van der Waals surface area contributed by atoms with Gasteiger partial charge in [-0.15, -0.1) is 0 Å². The van der Waals surface area contributed by atoms with Crippen LogP contribution in [0.1, 0.15) is 48.2 Å². The molecule has 0 saturated heterocycles. The highest BCUT2D eigenvalue weighted by atomic mass is 32.2. The molecule has 39 heavy (non-hydrogen) atoms. The second-order valence-electron chi connectivity index (χ2n) is 8.27. The number of alkyl halides is 3. The molecule has 0 fully saturated rings. The van der Waals surface area contributed by atoms with E-state index in [1.807, 2.05) is 0 Å². The Morgan fingerprint density at radius 1 is 0.846 bits per heavy atom. The molecule has 0 heterocycles. The van der Waals surface area contributed by atoms with Gasteiger partial charge in [0.15, 0.2) is 0 Å². The Morgan fingerprint density at radius 2 is 1.28 bits per heavy atom. The maximum Gasteiger partial charge on any atom is 0.416 e. The van der Waals surface area contributed by atoms with Crippen LogP contribution in [0.15, 0.2) is 36.4 Å². The zero-order chi connectivity index (χ0) is 30.3. The molecule has 2 aromatic carbocycles. The van der Waals surface area contributed by atoms with Crippen LogP contribution in [0, 0.1) is 18.6 Å². The summed E-state index contributed by atoms with van der Waals surface area (Å²) in [6, 6.07) is 3.18. The fraction of sp³-hybridized carbons (Fsp3) is 0.364. The topological polar surface area (TPSA) is 167 Å². The van der Waals surface area contributed by atoms with Crippen molar-refractivity contribution in [3.63, 3.8) is 0 Å². The number of amides is 2. The second-order valence-corrected chi connectivity index (χ2v) is 11.3. The lowest BCUT2D eigenvalue weighted by Gasteiger charge is -2.19. The Kier molecular flexibility index (Phi) is 11.5. The summed E-state index contributed by atoms with van der Waals surface area (Å²) < 4.78 is 126. The third kappa shape index (κ3) is 12.5. The molecule has 0 aliphatic heterocycles. The lowest BCUT2D eigenvalue weighted by atomic mass is 10.0. The highest BCUT2D eigenvalue weighted by Crippen LogP contribution is 2.32. The Bertz CT molecular complexity index is 1390. The molecule has 218 valence electrons. The molecule has 4 N–H and O–H groups in total. The third-order valence-corrected chi connectivity index (χ3v) is 6.20. The van der Waals surface area contributed by atoms with E-state index in [9.17, 15) is 48.4 Å². The van der Waals surface area contributed by atoms with Crippen molar-refractivity contribution in [2.75, 3.05) is 11.5 Å². The van der Waals surface area contributed by atoms with E-state index in [2.05, 4.69) is 10.6 Å². The van der Waals surface area contributed by atoms with Gasteiger partial charge in [-0.2, -0.15) is 30.0 Å². The molecule has 0 aliphatic carbocycles. The maximum atomic E-state index is 13.5. The summed E-state index contributed by atoms with van der Waals surface area (Å²) in [5.41, 5.74) is -1.35. The Hall–Kier alpha value is -3.15. The summed E-state index contributed by atoms with van der Waals surface area (Å²) >= 11 is 0. The minimum Gasteiger partial charge on any atom is -0.348 e. The minimum atomic E-state index is -4.60. The monoisotopic (exact) mass is 604 g/mol. The average molecular weight is 605 g/mol. The second kappa shape index (κ2) is 13.3. The molecule has 2 aromatic rings. The predicted octanol–water partition coefficient (Wildman–Crippen LogP) is 3.11. The largest absolute Gasteiger partial charge is 0.416 e. The van der Waals surface area contributed by atoms with Gasteiger partial charge in [-0.25, -0.2) is 8.78 Å². The van der Waals surface area contributed by atoms with Gasteiger partial charge in [0.25, 0.3) is 20.2 Å². The lowest BCUT2D eigenvalue weighted by Crippen LogP contribution is -2.32. The molecule has 0 aliphatic rings. The molecule has 17 heteroatoms. The molecule has 0 bridgehead atoms. The molecule has 2 atom stereocenters. The zero-order valence-corrected chi connectivity index (χ0v) is 22.2. The predicted molar refractivity (Wildman–Crippen MR) is 128 cm³/mol. The molecule has 10 nitrogen and oxygen atoms in total. The van der Waals surface area contributed by atoms with Gasteiger partial charge >= 0.3 is 6.18 Å². The quantitative estimate of drug-likeness (QED) is 0.263.